The molecule has 0 aliphatic rings. The highest BCUT2D eigenvalue weighted by molar-refractivity contribution is 7.80. The Morgan fingerprint density at radius 1 is 1.50 bits per heavy atom. The fourth-order valence-corrected chi connectivity index (χ4v) is 2.85. The third-order valence-corrected chi connectivity index (χ3v) is 3.69. The van der Waals surface area contributed by atoms with E-state index in [2.05, 4.69) is 18.7 Å². The minimum atomic E-state index is 0.499. The first kappa shape index (κ1) is 9.85. The number of nitriles is 1. The second-order valence-electron chi connectivity index (χ2n) is 2.87. The lowest BCUT2D eigenvalue weighted by molar-refractivity contribution is 1.40. The van der Waals surface area contributed by atoms with Crippen molar-refractivity contribution in [3.63, 3.8) is 0 Å². The van der Waals surface area contributed by atoms with Crippen molar-refractivity contribution in [2.75, 3.05) is 0 Å². The molecule has 0 bridgehead atoms. The van der Waals surface area contributed by atoms with E-state index in [0.717, 1.165) is 15.6 Å². The van der Waals surface area contributed by atoms with Crippen LogP contribution < -0.4 is 0 Å². The first-order chi connectivity index (χ1) is 6.76. The number of rotatable bonds is 1. The molecular weight excluding hydrogens is 234 g/mol. The van der Waals surface area contributed by atoms with Gasteiger partial charge < -0.3 is 0 Å². The van der Waals surface area contributed by atoms with Gasteiger partial charge in [-0.05, 0) is 28.5 Å². The monoisotopic (exact) mass is 239 g/mol. The summed E-state index contributed by atoms with van der Waals surface area (Å²) in [4.78, 5) is 0.713. The van der Waals surface area contributed by atoms with Crippen LogP contribution in [0, 0.1) is 11.3 Å². The van der Waals surface area contributed by atoms with Gasteiger partial charge in [-0.1, -0.05) is 0 Å². The molecule has 70 valence electrons. The molecule has 1 aromatic heterocycles. The van der Waals surface area contributed by atoms with E-state index in [1.165, 1.54) is 0 Å². The lowest BCUT2D eigenvalue weighted by Gasteiger charge is -1.97. The molecule has 0 atom stereocenters. The molecule has 0 aliphatic carbocycles. The average Bonchev–Trinajstić information content (AvgIpc) is 2.58. The van der Waals surface area contributed by atoms with Crippen molar-refractivity contribution >= 4 is 45.7 Å². The number of hydrogen-bond donors (Lipinski definition) is 1. The summed E-state index contributed by atoms with van der Waals surface area (Å²) in [6.07, 6.45) is 0. The summed E-state index contributed by atoms with van der Waals surface area (Å²) < 4.78 is 1.09. The number of hydrogen-bond acceptors (Lipinski definition) is 3. The Balaban J connectivity index is 2.77. The quantitative estimate of drug-likeness (QED) is 0.594. The van der Waals surface area contributed by atoms with Crippen LogP contribution in [0.3, 0.4) is 0 Å². The van der Waals surface area contributed by atoms with Gasteiger partial charge in [0.25, 0.3) is 0 Å². The number of halogens is 1. The maximum absolute atomic E-state index is 8.82. The van der Waals surface area contributed by atoms with E-state index < -0.39 is 0 Å². The van der Waals surface area contributed by atoms with E-state index in [9.17, 15) is 0 Å². The molecule has 0 radical (unpaired) electrons. The van der Waals surface area contributed by atoms with Crippen molar-refractivity contribution in [2.45, 2.75) is 10.8 Å². The van der Waals surface area contributed by atoms with Crippen molar-refractivity contribution in [3.05, 3.63) is 28.6 Å². The first-order valence-electron chi connectivity index (χ1n) is 3.95. The Morgan fingerprint density at radius 2 is 2.29 bits per heavy atom. The molecule has 0 saturated heterocycles. The van der Waals surface area contributed by atoms with Crippen molar-refractivity contribution in [3.8, 4) is 6.07 Å². The van der Waals surface area contributed by atoms with E-state index in [-0.39, 0.29) is 0 Å². The van der Waals surface area contributed by atoms with Gasteiger partial charge in [-0.15, -0.1) is 35.6 Å². The van der Waals surface area contributed by atoms with Gasteiger partial charge in [0.1, 0.15) is 6.07 Å². The van der Waals surface area contributed by atoms with Crippen LogP contribution in [0.4, 0.5) is 0 Å². The van der Waals surface area contributed by atoms with E-state index in [1.54, 1.807) is 11.3 Å². The van der Waals surface area contributed by atoms with Crippen LogP contribution in [0.15, 0.2) is 22.4 Å². The molecule has 4 heteroatoms. The SMILES string of the molecule is N#Cc1cc2scc(CCl)c2cc1S. The zero-order valence-electron chi connectivity index (χ0n) is 7.12. The molecule has 0 unspecified atom stereocenters. The van der Waals surface area contributed by atoms with Gasteiger partial charge in [0.2, 0.25) is 0 Å². The summed E-state index contributed by atoms with van der Waals surface area (Å²) in [5.41, 5.74) is 1.72. The molecule has 2 aromatic rings. The summed E-state index contributed by atoms with van der Waals surface area (Å²) in [6.45, 7) is 0. The third-order valence-electron chi connectivity index (χ3n) is 2.04. The van der Waals surface area contributed by atoms with Crippen molar-refractivity contribution < 1.29 is 0 Å². The topological polar surface area (TPSA) is 23.8 Å². The zero-order valence-corrected chi connectivity index (χ0v) is 9.59. The molecule has 1 nitrogen and oxygen atoms in total. The lowest BCUT2D eigenvalue weighted by Crippen LogP contribution is -1.79. The second kappa shape index (κ2) is 3.82. The standard InChI is InChI=1S/C10H6ClNS2/c11-3-7-5-14-10-1-6(4-12)9(13)2-8(7)10/h1-2,5,13H,3H2. The van der Waals surface area contributed by atoms with Gasteiger partial charge >= 0.3 is 0 Å². The van der Waals surface area contributed by atoms with Crippen LogP contribution in [0.25, 0.3) is 10.1 Å². The van der Waals surface area contributed by atoms with Crippen LogP contribution in [-0.4, -0.2) is 0 Å². The predicted molar refractivity (Wildman–Crippen MR) is 63.3 cm³/mol. The molecule has 0 saturated carbocycles. The minimum absolute atomic E-state index is 0.499. The lowest BCUT2D eigenvalue weighted by atomic mass is 10.1. The number of thiol groups is 1. The Kier molecular flexibility index (Phi) is 2.69. The van der Waals surface area contributed by atoms with Gasteiger partial charge in [0.15, 0.2) is 0 Å². The minimum Gasteiger partial charge on any atom is -0.192 e. The predicted octanol–water partition coefficient (Wildman–Crippen LogP) is 3.80. The highest BCUT2D eigenvalue weighted by Crippen LogP contribution is 2.31. The Hall–Kier alpha value is -0.690. The molecular formula is C10H6ClNS2. The van der Waals surface area contributed by atoms with Gasteiger partial charge in [0, 0.05) is 15.5 Å². The highest BCUT2D eigenvalue weighted by atomic mass is 35.5. The van der Waals surface area contributed by atoms with Gasteiger partial charge in [-0.25, -0.2) is 0 Å². The maximum Gasteiger partial charge on any atom is 0.100 e. The molecule has 1 heterocycles. The van der Waals surface area contributed by atoms with Gasteiger partial charge in [-0.3, -0.25) is 0 Å². The average molecular weight is 240 g/mol. The normalized spacial score (nSPS) is 10.4. The number of benzene rings is 1. The largest absolute Gasteiger partial charge is 0.192 e. The Labute approximate surface area is 96.3 Å². The van der Waals surface area contributed by atoms with Crippen LogP contribution in [-0.2, 0) is 5.88 Å². The second-order valence-corrected chi connectivity index (χ2v) is 4.53. The fourth-order valence-electron chi connectivity index (χ4n) is 1.31. The molecule has 0 fully saturated rings. The highest BCUT2D eigenvalue weighted by Gasteiger charge is 2.06. The van der Waals surface area contributed by atoms with E-state index in [4.69, 9.17) is 16.9 Å². The van der Waals surface area contributed by atoms with Crippen molar-refractivity contribution in [2.24, 2.45) is 0 Å². The maximum atomic E-state index is 8.82. The van der Waals surface area contributed by atoms with Crippen LogP contribution in [0.5, 0.6) is 0 Å². The molecule has 2 rings (SSSR count). The summed E-state index contributed by atoms with van der Waals surface area (Å²) in [6, 6.07) is 5.88. The molecule has 0 aliphatic heterocycles. The van der Waals surface area contributed by atoms with E-state index in [0.29, 0.717) is 16.3 Å². The first-order valence-corrected chi connectivity index (χ1v) is 5.81. The fraction of sp³-hybridized carbons (Fsp3) is 0.100. The summed E-state index contributed by atoms with van der Waals surface area (Å²) in [7, 11) is 0. The van der Waals surface area contributed by atoms with Gasteiger partial charge in [0.05, 0.1) is 5.56 Å². The zero-order chi connectivity index (χ0) is 10.1. The molecule has 0 N–H and O–H groups in total. The molecule has 0 amide bonds. The number of alkyl halides is 1. The van der Waals surface area contributed by atoms with Crippen LogP contribution in [0.2, 0.25) is 0 Å². The summed E-state index contributed by atoms with van der Waals surface area (Å²) in [5.74, 6) is 0.499. The van der Waals surface area contributed by atoms with Crippen molar-refractivity contribution in [1.29, 1.82) is 5.26 Å². The molecule has 1 aromatic carbocycles. The van der Waals surface area contributed by atoms with Gasteiger partial charge in [-0.2, -0.15) is 5.26 Å². The number of fused-ring (bicyclic) bond motifs is 1. The number of thiophene rings is 1. The molecule has 14 heavy (non-hydrogen) atoms. The van der Waals surface area contributed by atoms with Crippen LogP contribution >= 0.6 is 35.6 Å². The van der Waals surface area contributed by atoms with E-state index in [1.807, 2.05) is 17.5 Å². The Bertz CT molecular complexity index is 525. The van der Waals surface area contributed by atoms with Crippen molar-refractivity contribution in [1.82, 2.24) is 0 Å². The summed E-state index contributed by atoms with van der Waals surface area (Å²) >= 11 is 11.7. The molecule has 0 spiro atoms. The summed E-state index contributed by atoms with van der Waals surface area (Å²) in [5, 5.41) is 11.9. The number of nitrogens with zero attached hydrogens (tertiary/aromatic N) is 1. The van der Waals surface area contributed by atoms with Crippen LogP contribution in [0.1, 0.15) is 11.1 Å². The Morgan fingerprint density at radius 3 is 2.93 bits per heavy atom. The smallest absolute Gasteiger partial charge is 0.100 e. The third kappa shape index (κ3) is 1.50. The van der Waals surface area contributed by atoms with E-state index >= 15 is 0 Å².